The molecule has 1 N–H and O–H groups in total. The molecule has 7 nitrogen and oxygen atoms in total. The number of benzene rings is 2. The maximum absolute atomic E-state index is 11.8. The summed E-state index contributed by atoms with van der Waals surface area (Å²) in [7, 11) is 0. The quantitative estimate of drug-likeness (QED) is 0.375. The second-order valence-corrected chi connectivity index (χ2v) is 10.4. The topological polar surface area (TPSA) is 87.2 Å². The molecule has 0 bridgehead atoms. The fraction of sp³-hybridized carbons (Fsp3) is 0.444. The van der Waals surface area contributed by atoms with E-state index in [0.29, 0.717) is 28.3 Å². The molecular formula is C27H30Cl2N2O5. The maximum Gasteiger partial charge on any atom is 0.305 e. The maximum atomic E-state index is 11.8. The molecule has 0 spiro atoms. The first-order chi connectivity index (χ1) is 17.2. The molecule has 2 fully saturated rings. The Labute approximate surface area is 220 Å². The van der Waals surface area contributed by atoms with Crippen LogP contribution in [0.15, 0.2) is 36.4 Å². The Morgan fingerprint density at radius 2 is 1.83 bits per heavy atom. The Balaban J connectivity index is 1.47. The van der Waals surface area contributed by atoms with Gasteiger partial charge in [-0.15, -0.1) is 0 Å². The number of aryl methyl sites for hydroxylation is 1. The van der Waals surface area contributed by atoms with Crippen LogP contribution in [0, 0.1) is 12.8 Å². The summed E-state index contributed by atoms with van der Waals surface area (Å²) in [4.78, 5) is 38.8. The van der Waals surface area contributed by atoms with Gasteiger partial charge in [0.25, 0.3) is 0 Å². The molecule has 0 aromatic heterocycles. The van der Waals surface area contributed by atoms with Crippen LogP contribution in [0.4, 0.5) is 0 Å². The highest BCUT2D eigenvalue weighted by Crippen LogP contribution is 2.37. The first-order valence-corrected chi connectivity index (χ1v) is 12.9. The third-order valence-electron chi connectivity index (χ3n) is 6.68. The number of carbonyl (C=O) groups is 3. The predicted molar refractivity (Wildman–Crippen MR) is 137 cm³/mol. The van der Waals surface area contributed by atoms with Gasteiger partial charge in [0, 0.05) is 32.0 Å². The molecule has 2 aromatic carbocycles. The van der Waals surface area contributed by atoms with Gasteiger partial charge in [0.2, 0.25) is 11.8 Å². The molecule has 1 saturated carbocycles. The van der Waals surface area contributed by atoms with Crippen molar-refractivity contribution < 1.29 is 24.2 Å². The number of aliphatic carboxylic acids is 1. The number of imide groups is 1. The number of carboxylic acids is 1. The van der Waals surface area contributed by atoms with Gasteiger partial charge in [-0.2, -0.15) is 0 Å². The van der Waals surface area contributed by atoms with Crippen LogP contribution in [0.5, 0.6) is 5.75 Å². The van der Waals surface area contributed by atoms with Crippen LogP contribution in [0.3, 0.4) is 0 Å². The lowest BCUT2D eigenvalue weighted by Gasteiger charge is -2.32. The highest BCUT2D eigenvalue weighted by atomic mass is 35.5. The van der Waals surface area contributed by atoms with Gasteiger partial charge in [0.15, 0.2) is 0 Å². The molecule has 2 aromatic rings. The number of nitrogens with zero attached hydrogens (tertiary/aromatic N) is 2. The van der Waals surface area contributed by atoms with Crippen molar-refractivity contribution in [3.05, 3.63) is 63.1 Å². The minimum Gasteiger partial charge on any atom is -0.491 e. The zero-order chi connectivity index (χ0) is 25.8. The number of hydrogen-bond donors (Lipinski definition) is 1. The smallest absolute Gasteiger partial charge is 0.305 e. The molecule has 1 saturated heterocycles. The van der Waals surface area contributed by atoms with Crippen LogP contribution in [0.1, 0.15) is 54.8 Å². The van der Waals surface area contributed by atoms with Gasteiger partial charge in [-0.1, -0.05) is 41.4 Å². The Morgan fingerprint density at radius 1 is 1.11 bits per heavy atom. The van der Waals surface area contributed by atoms with Gasteiger partial charge in [0.05, 0.1) is 23.0 Å². The monoisotopic (exact) mass is 532 g/mol. The Hall–Kier alpha value is -2.61. The molecule has 1 atom stereocenters. The van der Waals surface area contributed by atoms with Crippen LogP contribution >= 0.6 is 23.2 Å². The van der Waals surface area contributed by atoms with Gasteiger partial charge in [0.1, 0.15) is 12.4 Å². The lowest BCUT2D eigenvalue weighted by atomic mass is 10.00. The molecule has 2 aliphatic rings. The van der Waals surface area contributed by atoms with E-state index in [4.69, 9.17) is 27.9 Å². The summed E-state index contributed by atoms with van der Waals surface area (Å²) >= 11 is 12.4. The van der Waals surface area contributed by atoms with Crippen molar-refractivity contribution in [1.82, 2.24) is 9.80 Å². The van der Waals surface area contributed by atoms with E-state index in [9.17, 15) is 19.5 Å². The van der Waals surface area contributed by atoms with Crippen molar-refractivity contribution in [3.63, 3.8) is 0 Å². The van der Waals surface area contributed by atoms with Gasteiger partial charge >= 0.3 is 5.97 Å². The average Bonchev–Trinajstić information content (AvgIpc) is 3.59. The number of hydrogen-bond acceptors (Lipinski definition) is 5. The number of ether oxygens (including phenoxy) is 1. The third-order valence-corrected chi connectivity index (χ3v) is 7.42. The Morgan fingerprint density at radius 3 is 2.44 bits per heavy atom. The molecule has 1 unspecified atom stereocenters. The minimum absolute atomic E-state index is 0.0429. The molecule has 0 radical (unpaired) electrons. The van der Waals surface area contributed by atoms with Crippen molar-refractivity contribution >= 4 is 41.0 Å². The molecule has 1 aliphatic heterocycles. The zero-order valence-corrected chi connectivity index (χ0v) is 21.7. The number of halogens is 2. The molecule has 2 amide bonds. The van der Waals surface area contributed by atoms with E-state index in [0.717, 1.165) is 36.1 Å². The lowest BCUT2D eigenvalue weighted by molar-refractivity contribution is -0.140. The number of carboxylic acid groups (broad SMARTS) is 1. The third kappa shape index (κ3) is 6.78. The fourth-order valence-corrected chi connectivity index (χ4v) is 4.91. The molecule has 192 valence electrons. The average molecular weight is 533 g/mol. The highest BCUT2D eigenvalue weighted by Gasteiger charge is 2.31. The van der Waals surface area contributed by atoms with Crippen LogP contribution < -0.4 is 4.74 Å². The molecular weight excluding hydrogens is 503 g/mol. The fourth-order valence-electron chi connectivity index (χ4n) is 4.60. The molecule has 1 heterocycles. The highest BCUT2D eigenvalue weighted by molar-refractivity contribution is 6.42. The van der Waals surface area contributed by atoms with Crippen LogP contribution in [0.2, 0.25) is 10.0 Å². The van der Waals surface area contributed by atoms with E-state index in [1.54, 1.807) is 12.1 Å². The first kappa shape index (κ1) is 26.5. The number of carbonyl (C=O) groups excluding carboxylic acids is 2. The van der Waals surface area contributed by atoms with Crippen LogP contribution in [-0.4, -0.2) is 52.4 Å². The second kappa shape index (κ2) is 11.6. The van der Waals surface area contributed by atoms with E-state index in [1.165, 1.54) is 4.90 Å². The first-order valence-electron chi connectivity index (χ1n) is 12.2. The molecule has 4 rings (SSSR count). The van der Waals surface area contributed by atoms with Crippen LogP contribution in [0.25, 0.3) is 0 Å². The minimum atomic E-state index is -0.873. The number of amides is 2. The van der Waals surface area contributed by atoms with E-state index < -0.39 is 5.97 Å². The summed E-state index contributed by atoms with van der Waals surface area (Å²) < 4.78 is 5.86. The van der Waals surface area contributed by atoms with Gasteiger partial charge in [-0.3, -0.25) is 24.2 Å². The molecule has 1 aliphatic carbocycles. The largest absolute Gasteiger partial charge is 0.491 e. The van der Waals surface area contributed by atoms with Gasteiger partial charge in [-0.25, -0.2) is 0 Å². The standard InChI is InChI=1S/C27H30Cl2N2O5/c1-17-12-19(4-7-24(17)36-11-10-31-25(32)8-9-26(31)33)16-30(15-18-2-3-18)23(14-27(34)35)20-5-6-21(28)22(29)13-20/h4-7,12-13,18,23H,2-3,8-11,14-16H2,1H3,(H,34,35). The van der Waals surface area contributed by atoms with E-state index in [-0.39, 0.29) is 50.3 Å². The number of likely N-dealkylation sites (tertiary alicyclic amines) is 1. The summed E-state index contributed by atoms with van der Waals surface area (Å²) in [5, 5.41) is 10.5. The molecule has 9 heteroatoms. The summed E-state index contributed by atoms with van der Waals surface area (Å²) in [6.45, 7) is 3.81. The zero-order valence-electron chi connectivity index (χ0n) is 20.2. The normalized spacial score (nSPS) is 16.6. The van der Waals surface area contributed by atoms with E-state index >= 15 is 0 Å². The summed E-state index contributed by atoms with van der Waals surface area (Å²) in [6, 6.07) is 10.9. The van der Waals surface area contributed by atoms with Crippen molar-refractivity contribution in [2.75, 3.05) is 19.7 Å². The summed E-state index contributed by atoms with van der Waals surface area (Å²) in [5.74, 6) is 0.0809. The van der Waals surface area contributed by atoms with Crippen molar-refractivity contribution in [3.8, 4) is 5.75 Å². The Bertz CT molecular complexity index is 1130. The molecule has 36 heavy (non-hydrogen) atoms. The van der Waals surface area contributed by atoms with Crippen molar-refractivity contribution in [2.45, 2.75) is 51.6 Å². The van der Waals surface area contributed by atoms with E-state index in [2.05, 4.69) is 4.90 Å². The SMILES string of the molecule is Cc1cc(CN(CC2CC2)C(CC(=O)O)c2ccc(Cl)c(Cl)c2)ccc1OCCN1C(=O)CCC1=O. The van der Waals surface area contributed by atoms with E-state index in [1.807, 2.05) is 31.2 Å². The van der Waals surface area contributed by atoms with Gasteiger partial charge in [-0.05, 0) is 60.6 Å². The second-order valence-electron chi connectivity index (χ2n) is 9.55. The lowest BCUT2D eigenvalue weighted by Crippen LogP contribution is -2.33. The summed E-state index contributed by atoms with van der Waals surface area (Å²) in [6.07, 6.45) is 2.79. The number of rotatable bonds is 12. The van der Waals surface area contributed by atoms with Crippen LogP contribution in [-0.2, 0) is 20.9 Å². The predicted octanol–water partition coefficient (Wildman–Crippen LogP) is 5.26. The summed E-state index contributed by atoms with van der Waals surface area (Å²) in [5.41, 5.74) is 2.80. The van der Waals surface area contributed by atoms with Crippen molar-refractivity contribution in [1.29, 1.82) is 0 Å². The Kier molecular flexibility index (Phi) is 8.54. The van der Waals surface area contributed by atoms with Crippen molar-refractivity contribution in [2.24, 2.45) is 5.92 Å². The van der Waals surface area contributed by atoms with Gasteiger partial charge < -0.3 is 9.84 Å².